The fourth-order valence-electron chi connectivity index (χ4n) is 6.30. The molecule has 1 spiro atoms. The summed E-state index contributed by atoms with van der Waals surface area (Å²) in [6.45, 7) is 3.82. The zero-order valence-electron chi connectivity index (χ0n) is 23.8. The molecule has 0 bridgehead atoms. The zero-order valence-corrected chi connectivity index (χ0v) is 24.6. The molecule has 2 aliphatic heterocycles. The molecule has 6 rings (SSSR count). The number of hydrogen-bond donors (Lipinski definition) is 2. The van der Waals surface area contributed by atoms with Crippen LogP contribution in [0.3, 0.4) is 0 Å². The number of likely N-dealkylation sites (N-methyl/N-ethyl adjacent to an activating group) is 1. The maximum Gasteiger partial charge on any atom is 0.270 e. The van der Waals surface area contributed by atoms with Gasteiger partial charge in [0.15, 0.2) is 0 Å². The summed E-state index contributed by atoms with van der Waals surface area (Å²) >= 11 is 1.57. The maximum atomic E-state index is 14.3. The highest BCUT2D eigenvalue weighted by molar-refractivity contribution is 7.08. The summed E-state index contributed by atoms with van der Waals surface area (Å²) < 4.78 is 28.1. The van der Waals surface area contributed by atoms with Crippen molar-refractivity contribution in [2.24, 2.45) is 5.92 Å². The van der Waals surface area contributed by atoms with Gasteiger partial charge in [-0.15, -0.1) is 0 Å². The van der Waals surface area contributed by atoms with Crippen LogP contribution in [0.4, 0.5) is 14.5 Å². The molecule has 2 N–H and O–H groups in total. The minimum atomic E-state index is -1.11. The van der Waals surface area contributed by atoms with E-state index in [2.05, 4.69) is 16.4 Å². The second-order valence-electron chi connectivity index (χ2n) is 11.7. The Hall–Kier alpha value is -4.56. The van der Waals surface area contributed by atoms with Crippen molar-refractivity contribution in [2.45, 2.75) is 44.2 Å². The van der Waals surface area contributed by atoms with Crippen LogP contribution in [0.2, 0.25) is 0 Å². The summed E-state index contributed by atoms with van der Waals surface area (Å²) in [5, 5.41) is 17.2. The predicted molar refractivity (Wildman–Crippen MR) is 159 cm³/mol. The van der Waals surface area contributed by atoms with Gasteiger partial charge >= 0.3 is 0 Å². The molecule has 3 amide bonds. The van der Waals surface area contributed by atoms with Crippen LogP contribution in [0.1, 0.15) is 42.7 Å². The molecule has 2 aliphatic rings. The van der Waals surface area contributed by atoms with E-state index in [1.165, 1.54) is 22.9 Å². The molecule has 1 saturated heterocycles. The van der Waals surface area contributed by atoms with E-state index >= 15 is 0 Å². The highest BCUT2D eigenvalue weighted by Crippen LogP contribution is 2.48. The SMILES string of the molecule is CC(C)C[C@@H](C(=O)N1C[C@]2(C[C@H]1C#N)C(=O)Nc1ccc(-c3ccsc3)cc12)N(C)C(=O)c1cc2c(F)cc(F)cc2[nH]1. The lowest BCUT2D eigenvalue weighted by molar-refractivity contribution is -0.136. The summed E-state index contributed by atoms with van der Waals surface area (Å²) in [7, 11) is 1.48. The van der Waals surface area contributed by atoms with Crippen LogP contribution in [-0.4, -0.2) is 58.2 Å². The molecule has 0 unspecified atom stereocenters. The van der Waals surface area contributed by atoms with Crippen molar-refractivity contribution in [3.63, 3.8) is 0 Å². The number of H-pyrrole nitrogens is 1. The highest BCUT2D eigenvalue weighted by Gasteiger charge is 2.57. The van der Waals surface area contributed by atoms with Crippen molar-refractivity contribution < 1.29 is 23.2 Å². The van der Waals surface area contributed by atoms with Crippen LogP contribution in [0, 0.1) is 28.9 Å². The number of rotatable bonds is 6. The van der Waals surface area contributed by atoms with E-state index in [1.54, 1.807) is 11.3 Å². The van der Waals surface area contributed by atoms with E-state index in [0.29, 0.717) is 5.69 Å². The molecule has 0 radical (unpaired) electrons. The van der Waals surface area contributed by atoms with Gasteiger partial charge in [-0.1, -0.05) is 19.9 Å². The first-order chi connectivity index (χ1) is 20.5. The van der Waals surface area contributed by atoms with Crippen LogP contribution in [-0.2, 0) is 15.0 Å². The fourth-order valence-corrected chi connectivity index (χ4v) is 6.97. The maximum absolute atomic E-state index is 14.3. The summed E-state index contributed by atoms with van der Waals surface area (Å²) in [4.78, 5) is 46.8. The third-order valence-corrected chi connectivity index (χ3v) is 9.20. The van der Waals surface area contributed by atoms with Gasteiger partial charge in [0.25, 0.3) is 5.91 Å². The van der Waals surface area contributed by atoms with Gasteiger partial charge in [0, 0.05) is 37.2 Å². The number of hydrogen-bond acceptors (Lipinski definition) is 5. The molecule has 2 aromatic heterocycles. The summed E-state index contributed by atoms with van der Waals surface area (Å²) in [5.74, 6) is -2.88. The minimum Gasteiger partial charge on any atom is -0.350 e. The number of nitrogens with zero attached hydrogens (tertiary/aromatic N) is 3. The Kier molecular flexibility index (Phi) is 7.05. The number of benzene rings is 2. The molecule has 0 saturated carbocycles. The molecule has 43 heavy (non-hydrogen) atoms. The average Bonchev–Trinajstić information content (AvgIpc) is 3.77. The molecular weight excluding hydrogens is 572 g/mol. The van der Waals surface area contributed by atoms with Gasteiger partial charge in [0.2, 0.25) is 11.8 Å². The van der Waals surface area contributed by atoms with Crippen LogP contribution in [0.5, 0.6) is 0 Å². The number of aromatic nitrogens is 1. The average molecular weight is 602 g/mol. The number of anilines is 1. The Labute approximate surface area is 250 Å². The van der Waals surface area contributed by atoms with Crippen molar-refractivity contribution in [1.82, 2.24) is 14.8 Å². The summed E-state index contributed by atoms with van der Waals surface area (Å²) in [6.07, 6.45) is 0.414. The number of fused-ring (bicyclic) bond motifs is 3. The smallest absolute Gasteiger partial charge is 0.270 e. The first kappa shape index (κ1) is 28.6. The first-order valence-electron chi connectivity index (χ1n) is 14.0. The summed E-state index contributed by atoms with van der Waals surface area (Å²) in [5.41, 5.74) is 2.37. The van der Waals surface area contributed by atoms with Gasteiger partial charge in [-0.3, -0.25) is 14.4 Å². The number of halogens is 2. The van der Waals surface area contributed by atoms with Crippen LogP contribution in [0.15, 0.2) is 53.2 Å². The number of likely N-dealkylation sites (tertiary alicyclic amines) is 1. The van der Waals surface area contributed by atoms with Crippen molar-refractivity contribution in [2.75, 3.05) is 18.9 Å². The van der Waals surface area contributed by atoms with Crippen molar-refractivity contribution in [1.29, 1.82) is 5.26 Å². The fraction of sp³-hybridized carbons (Fsp3) is 0.312. The molecule has 4 aromatic rings. The van der Waals surface area contributed by atoms with Crippen LogP contribution in [0.25, 0.3) is 22.0 Å². The van der Waals surface area contributed by atoms with Gasteiger partial charge in [-0.25, -0.2) is 8.78 Å². The van der Waals surface area contributed by atoms with E-state index in [1.807, 2.05) is 48.9 Å². The van der Waals surface area contributed by atoms with E-state index < -0.39 is 40.9 Å². The van der Waals surface area contributed by atoms with Gasteiger partial charge in [0.05, 0.1) is 17.0 Å². The molecule has 4 heterocycles. The lowest BCUT2D eigenvalue weighted by Gasteiger charge is -2.33. The number of nitriles is 1. The number of aromatic amines is 1. The Bertz CT molecular complexity index is 1810. The molecule has 1 fully saturated rings. The normalized spacial score (nSPS) is 20.0. The molecule has 8 nitrogen and oxygen atoms in total. The van der Waals surface area contributed by atoms with Crippen molar-refractivity contribution in [3.8, 4) is 17.2 Å². The largest absolute Gasteiger partial charge is 0.350 e. The summed E-state index contributed by atoms with van der Waals surface area (Å²) in [6, 6.07) is 11.2. The quantitative estimate of drug-likeness (QED) is 0.297. The molecule has 3 atom stereocenters. The molecule has 11 heteroatoms. The standard InChI is InChI=1S/C32H29F2N5O3S/c1-17(2)8-28(38(3)29(40)27-12-22-24(34)10-20(33)11-26(22)36-27)30(41)39-16-32(13-21(39)14-35)23-9-18(19-6-7-43-15-19)4-5-25(23)37-31(32)42/h4-7,9-12,15,17,21,28,36H,8,13,16H2,1-3H3,(H,37,42)/t21-,28-,32-/m0/s1. The lowest BCUT2D eigenvalue weighted by atomic mass is 9.79. The number of carbonyl (C=O) groups excluding carboxylic acids is 3. The van der Waals surface area contributed by atoms with E-state index in [4.69, 9.17) is 0 Å². The Morgan fingerprint density at radius 3 is 2.67 bits per heavy atom. The van der Waals surface area contributed by atoms with E-state index in [-0.39, 0.29) is 47.8 Å². The number of carbonyl (C=O) groups is 3. The van der Waals surface area contributed by atoms with Crippen molar-refractivity contribution >= 4 is 45.6 Å². The minimum absolute atomic E-state index is 0.000715. The molecule has 220 valence electrons. The molecular formula is C32H29F2N5O3S. The first-order valence-corrected chi connectivity index (χ1v) is 14.9. The third-order valence-electron chi connectivity index (χ3n) is 8.51. The Balaban J connectivity index is 1.33. The number of thiophene rings is 1. The topological polar surface area (TPSA) is 109 Å². The zero-order chi connectivity index (χ0) is 30.6. The Morgan fingerprint density at radius 2 is 1.98 bits per heavy atom. The van der Waals surface area contributed by atoms with E-state index in [0.717, 1.165) is 28.8 Å². The van der Waals surface area contributed by atoms with Gasteiger partial charge in [-0.05, 0) is 70.1 Å². The molecule has 0 aliphatic carbocycles. The number of nitrogens with one attached hydrogen (secondary N) is 2. The lowest BCUT2D eigenvalue weighted by Crippen LogP contribution is -2.52. The van der Waals surface area contributed by atoms with Crippen LogP contribution >= 0.6 is 11.3 Å². The Morgan fingerprint density at radius 1 is 1.19 bits per heavy atom. The van der Waals surface area contributed by atoms with Gasteiger partial charge in [0.1, 0.15) is 29.4 Å². The monoisotopic (exact) mass is 601 g/mol. The third kappa shape index (κ3) is 4.76. The van der Waals surface area contributed by atoms with Gasteiger partial charge < -0.3 is 20.1 Å². The van der Waals surface area contributed by atoms with E-state index in [9.17, 15) is 28.4 Å². The van der Waals surface area contributed by atoms with Gasteiger partial charge in [-0.2, -0.15) is 16.6 Å². The second kappa shape index (κ2) is 10.6. The highest BCUT2D eigenvalue weighted by atomic mass is 32.1. The molecule has 2 aromatic carbocycles. The van der Waals surface area contributed by atoms with Crippen LogP contribution < -0.4 is 5.32 Å². The van der Waals surface area contributed by atoms with Crippen molar-refractivity contribution in [3.05, 3.63) is 76.1 Å². The number of amides is 3. The second-order valence-corrected chi connectivity index (χ2v) is 12.5. The predicted octanol–water partition coefficient (Wildman–Crippen LogP) is 5.68.